The standard InChI is InChI=1S/C17H13Cl2FN2O2/c18-10-7-11(19)9-12(8-10)21-15(23)17(5-6-17)16(24)22-14-4-2-1-3-13(14)20/h1-4,7-9H,5-6H2,(H,21,23)(H,22,24). The molecule has 1 fully saturated rings. The van der Waals surface area contributed by atoms with E-state index >= 15 is 0 Å². The third-order valence-corrected chi connectivity index (χ3v) is 4.30. The Kier molecular flexibility index (Phi) is 4.47. The van der Waals surface area contributed by atoms with Crippen molar-refractivity contribution in [2.75, 3.05) is 10.6 Å². The maximum atomic E-state index is 13.7. The number of para-hydroxylation sites is 1. The minimum atomic E-state index is -1.20. The number of benzene rings is 2. The molecule has 7 heteroatoms. The zero-order valence-corrected chi connectivity index (χ0v) is 13.9. The van der Waals surface area contributed by atoms with E-state index in [1.165, 1.54) is 36.4 Å². The van der Waals surface area contributed by atoms with Gasteiger partial charge < -0.3 is 10.6 Å². The summed E-state index contributed by atoms with van der Waals surface area (Å²) in [7, 11) is 0. The lowest BCUT2D eigenvalue weighted by Crippen LogP contribution is -2.35. The molecule has 0 aromatic heterocycles. The number of nitrogens with one attached hydrogen (secondary N) is 2. The summed E-state index contributed by atoms with van der Waals surface area (Å²) in [5, 5.41) is 5.87. The van der Waals surface area contributed by atoms with Crippen LogP contribution in [0.3, 0.4) is 0 Å². The largest absolute Gasteiger partial charge is 0.325 e. The van der Waals surface area contributed by atoms with E-state index in [9.17, 15) is 14.0 Å². The van der Waals surface area contributed by atoms with E-state index in [0.717, 1.165) is 0 Å². The van der Waals surface area contributed by atoms with Crippen LogP contribution in [-0.4, -0.2) is 11.8 Å². The smallest absolute Gasteiger partial charge is 0.240 e. The molecule has 1 aliphatic rings. The van der Waals surface area contributed by atoms with E-state index in [1.807, 2.05) is 0 Å². The second kappa shape index (κ2) is 6.42. The summed E-state index contributed by atoms with van der Waals surface area (Å²) in [6.45, 7) is 0. The predicted octanol–water partition coefficient (Wildman–Crippen LogP) is 4.49. The minimum absolute atomic E-state index is 0.0485. The molecule has 0 heterocycles. The Labute approximate surface area is 148 Å². The van der Waals surface area contributed by atoms with Crippen molar-refractivity contribution in [3.05, 3.63) is 58.3 Å². The summed E-state index contributed by atoms with van der Waals surface area (Å²) >= 11 is 11.8. The lowest BCUT2D eigenvalue weighted by molar-refractivity contribution is -0.131. The van der Waals surface area contributed by atoms with Crippen LogP contribution in [0, 0.1) is 11.2 Å². The van der Waals surface area contributed by atoms with Crippen molar-refractivity contribution in [3.8, 4) is 0 Å². The van der Waals surface area contributed by atoms with Crippen molar-refractivity contribution >= 4 is 46.4 Å². The van der Waals surface area contributed by atoms with Crippen LogP contribution >= 0.6 is 23.2 Å². The molecule has 1 aliphatic carbocycles. The highest BCUT2D eigenvalue weighted by Gasteiger charge is 2.56. The lowest BCUT2D eigenvalue weighted by Gasteiger charge is -2.16. The van der Waals surface area contributed by atoms with Crippen LogP contribution in [0.1, 0.15) is 12.8 Å². The summed E-state index contributed by atoms with van der Waals surface area (Å²) in [5.41, 5.74) is -0.744. The predicted molar refractivity (Wildman–Crippen MR) is 91.8 cm³/mol. The molecule has 0 radical (unpaired) electrons. The SMILES string of the molecule is O=C(Nc1cc(Cl)cc(Cl)c1)C1(C(=O)Nc2ccccc2F)CC1. The Bertz CT molecular complexity index is 802. The van der Waals surface area contributed by atoms with Crippen molar-refractivity contribution in [1.82, 2.24) is 0 Å². The van der Waals surface area contributed by atoms with Crippen LogP contribution in [-0.2, 0) is 9.59 Å². The quantitative estimate of drug-likeness (QED) is 0.783. The molecule has 2 N–H and O–H groups in total. The van der Waals surface area contributed by atoms with Gasteiger partial charge >= 0.3 is 0 Å². The Morgan fingerprint density at radius 2 is 1.54 bits per heavy atom. The third kappa shape index (κ3) is 3.37. The fourth-order valence-electron chi connectivity index (χ4n) is 2.36. The van der Waals surface area contributed by atoms with Gasteiger partial charge in [-0.3, -0.25) is 9.59 Å². The van der Waals surface area contributed by atoms with Crippen molar-refractivity contribution in [2.45, 2.75) is 12.8 Å². The topological polar surface area (TPSA) is 58.2 Å². The monoisotopic (exact) mass is 366 g/mol. The van der Waals surface area contributed by atoms with Gasteiger partial charge in [0.15, 0.2) is 0 Å². The van der Waals surface area contributed by atoms with Crippen LogP contribution in [0.4, 0.5) is 15.8 Å². The fraction of sp³-hybridized carbons (Fsp3) is 0.176. The number of halogens is 3. The van der Waals surface area contributed by atoms with E-state index in [0.29, 0.717) is 28.6 Å². The summed E-state index contributed by atoms with van der Waals surface area (Å²) in [6, 6.07) is 10.4. The van der Waals surface area contributed by atoms with Gasteiger partial charge in [0.25, 0.3) is 0 Å². The molecule has 0 atom stereocenters. The summed E-state index contributed by atoms with van der Waals surface area (Å²) in [5.74, 6) is -1.54. The van der Waals surface area contributed by atoms with Gasteiger partial charge in [0.1, 0.15) is 11.2 Å². The van der Waals surface area contributed by atoms with Crippen molar-refractivity contribution in [1.29, 1.82) is 0 Å². The minimum Gasteiger partial charge on any atom is -0.325 e. The Morgan fingerprint density at radius 1 is 0.958 bits per heavy atom. The first-order valence-corrected chi connectivity index (χ1v) is 8.00. The molecule has 0 unspecified atom stereocenters. The van der Waals surface area contributed by atoms with Crippen LogP contribution in [0.15, 0.2) is 42.5 Å². The third-order valence-electron chi connectivity index (χ3n) is 3.86. The van der Waals surface area contributed by atoms with Gasteiger partial charge in [0, 0.05) is 15.7 Å². The average Bonchev–Trinajstić information content (AvgIpc) is 3.30. The highest BCUT2D eigenvalue weighted by molar-refractivity contribution is 6.35. The van der Waals surface area contributed by atoms with Gasteiger partial charge in [-0.1, -0.05) is 35.3 Å². The van der Waals surface area contributed by atoms with Gasteiger partial charge in [-0.25, -0.2) is 4.39 Å². The number of rotatable bonds is 4. The van der Waals surface area contributed by atoms with Crippen LogP contribution in [0.2, 0.25) is 10.0 Å². The van der Waals surface area contributed by atoms with Gasteiger partial charge in [-0.2, -0.15) is 0 Å². The highest BCUT2D eigenvalue weighted by Crippen LogP contribution is 2.47. The molecule has 2 amide bonds. The Morgan fingerprint density at radius 3 is 2.12 bits per heavy atom. The number of anilines is 2. The number of carbonyl (C=O) groups is 2. The van der Waals surface area contributed by atoms with Crippen molar-refractivity contribution in [3.63, 3.8) is 0 Å². The van der Waals surface area contributed by atoms with Crippen LogP contribution < -0.4 is 10.6 Å². The summed E-state index contributed by atoms with van der Waals surface area (Å²) in [6.07, 6.45) is 0.792. The van der Waals surface area contributed by atoms with Gasteiger partial charge in [0.2, 0.25) is 11.8 Å². The first-order chi connectivity index (χ1) is 11.4. The normalized spacial score (nSPS) is 14.8. The van der Waals surface area contributed by atoms with Crippen LogP contribution in [0.5, 0.6) is 0 Å². The molecule has 124 valence electrons. The molecular weight excluding hydrogens is 354 g/mol. The number of amides is 2. The van der Waals surface area contributed by atoms with E-state index in [-0.39, 0.29) is 5.69 Å². The molecule has 2 aromatic carbocycles. The zero-order valence-electron chi connectivity index (χ0n) is 12.4. The summed E-state index contributed by atoms with van der Waals surface area (Å²) in [4.78, 5) is 24.9. The average molecular weight is 367 g/mol. The number of hydrogen-bond acceptors (Lipinski definition) is 2. The maximum absolute atomic E-state index is 13.7. The maximum Gasteiger partial charge on any atom is 0.240 e. The van der Waals surface area contributed by atoms with Crippen LogP contribution in [0.25, 0.3) is 0 Å². The second-order valence-corrected chi connectivity index (χ2v) is 6.50. The van der Waals surface area contributed by atoms with Crippen molar-refractivity contribution < 1.29 is 14.0 Å². The van der Waals surface area contributed by atoms with Gasteiger partial charge in [-0.15, -0.1) is 0 Å². The highest BCUT2D eigenvalue weighted by atomic mass is 35.5. The summed E-state index contributed by atoms with van der Waals surface area (Å²) < 4.78 is 13.7. The number of hydrogen-bond donors (Lipinski definition) is 2. The lowest BCUT2D eigenvalue weighted by atomic mass is 10.0. The first-order valence-electron chi connectivity index (χ1n) is 7.24. The van der Waals surface area contributed by atoms with E-state index in [4.69, 9.17) is 23.2 Å². The second-order valence-electron chi connectivity index (χ2n) is 5.63. The molecule has 0 aliphatic heterocycles. The van der Waals surface area contributed by atoms with E-state index < -0.39 is 23.0 Å². The van der Waals surface area contributed by atoms with Crippen molar-refractivity contribution in [2.24, 2.45) is 5.41 Å². The molecule has 1 saturated carbocycles. The Balaban J connectivity index is 1.74. The molecule has 3 rings (SSSR count). The zero-order chi connectivity index (χ0) is 17.3. The fourth-order valence-corrected chi connectivity index (χ4v) is 2.89. The Hall–Kier alpha value is -2.11. The molecule has 4 nitrogen and oxygen atoms in total. The van der Waals surface area contributed by atoms with Gasteiger partial charge in [-0.05, 0) is 43.2 Å². The molecule has 24 heavy (non-hydrogen) atoms. The molecule has 2 aromatic rings. The van der Waals surface area contributed by atoms with E-state index in [2.05, 4.69) is 10.6 Å². The van der Waals surface area contributed by atoms with Gasteiger partial charge in [0.05, 0.1) is 5.69 Å². The molecule has 0 spiro atoms. The molecular formula is C17H13Cl2FN2O2. The first kappa shape index (κ1) is 16.7. The van der Waals surface area contributed by atoms with E-state index in [1.54, 1.807) is 6.07 Å². The molecule has 0 saturated heterocycles. The molecule has 0 bridgehead atoms. The number of carbonyl (C=O) groups excluding carboxylic acids is 2.